The molecule has 1 saturated heterocycles. The molecule has 3 aromatic heterocycles. The van der Waals surface area contributed by atoms with Crippen molar-refractivity contribution in [2.24, 2.45) is 13.0 Å². The van der Waals surface area contributed by atoms with Crippen LogP contribution in [0.1, 0.15) is 34.3 Å². The van der Waals surface area contributed by atoms with Crippen LogP contribution in [-0.2, 0) is 21.6 Å². The van der Waals surface area contributed by atoms with Crippen LogP contribution in [0.4, 0.5) is 4.39 Å². The first kappa shape index (κ1) is 22.9. The van der Waals surface area contributed by atoms with Gasteiger partial charge in [-0.15, -0.1) is 5.10 Å². The summed E-state index contributed by atoms with van der Waals surface area (Å²) < 4.78 is 79.5. The first-order valence-corrected chi connectivity index (χ1v) is 14.7. The van der Waals surface area contributed by atoms with Crippen molar-refractivity contribution < 1.29 is 26.4 Å². The van der Waals surface area contributed by atoms with E-state index >= 15 is 0 Å². The van der Waals surface area contributed by atoms with Gasteiger partial charge in [-0.05, 0) is 61.5 Å². The zero-order valence-corrected chi connectivity index (χ0v) is 23.1. The quantitative estimate of drug-likeness (QED) is 0.289. The molecule has 0 aliphatic carbocycles. The van der Waals surface area contributed by atoms with Crippen LogP contribution in [0.25, 0.3) is 33.2 Å². The molecule has 0 radical (unpaired) electrons. The molecule has 1 aliphatic heterocycles. The first-order valence-electron chi connectivity index (χ1n) is 14.3. The number of fused-ring (bicyclic) bond motifs is 3. The molecular formula is C29H30FN5O4S. The molecule has 0 spiro atoms. The number of benzene rings is 2. The highest BCUT2D eigenvalue weighted by molar-refractivity contribution is 7.91. The van der Waals surface area contributed by atoms with Crippen LogP contribution < -0.4 is 4.74 Å². The van der Waals surface area contributed by atoms with Gasteiger partial charge in [-0.2, -0.15) is 0 Å². The first-order chi connectivity index (χ1) is 20.4. The Balaban J connectivity index is 1.78. The zero-order chi connectivity index (χ0) is 30.7. The van der Waals surface area contributed by atoms with Crippen molar-refractivity contribution >= 4 is 31.8 Å². The van der Waals surface area contributed by atoms with Crippen molar-refractivity contribution in [3.63, 3.8) is 0 Å². The van der Waals surface area contributed by atoms with Crippen LogP contribution in [0.3, 0.4) is 0 Å². The van der Waals surface area contributed by atoms with Crippen LogP contribution in [0.2, 0.25) is 0 Å². The molecule has 0 bridgehead atoms. The molecule has 208 valence electrons. The normalized spacial score (nSPS) is 17.1. The number of hydrogen-bond acceptors (Lipinski definition) is 7. The molecule has 11 heteroatoms. The number of methoxy groups -OCH3 is 1. The summed E-state index contributed by atoms with van der Waals surface area (Å²) in [6.45, 7) is -1.49. The van der Waals surface area contributed by atoms with E-state index in [1.807, 2.05) is 4.57 Å². The predicted molar refractivity (Wildman–Crippen MR) is 150 cm³/mol. The second-order valence-corrected chi connectivity index (χ2v) is 12.1. The van der Waals surface area contributed by atoms with Gasteiger partial charge in [0.05, 0.1) is 51.4 Å². The SMILES string of the molecule is [2H]C([2H])([2H])c1nnn(C)c1-c1cnc2c3c(OC)ccc(S(C)(=O)=O)c3n([C@H](c3ccc(F)cc3)C3CCOCC3)c2c1. The third-order valence-electron chi connectivity index (χ3n) is 7.63. The molecule has 0 N–H and O–H groups in total. The Morgan fingerprint density at radius 3 is 2.60 bits per heavy atom. The van der Waals surface area contributed by atoms with Crippen molar-refractivity contribution in [2.45, 2.75) is 30.6 Å². The highest BCUT2D eigenvalue weighted by Gasteiger charge is 2.33. The third kappa shape index (κ3) is 4.33. The molecule has 0 unspecified atom stereocenters. The van der Waals surface area contributed by atoms with E-state index in [0.29, 0.717) is 59.3 Å². The highest BCUT2D eigenvalue weighted by atomic mass is 32.2. The van der Waals surface area contributed by atoms with Gasteiger partial charge in [-0.3, -0.25) is 4.98 Å². The Morgan fingerprint density at radius 1 is 1.18 bits per heavy atom. The summed E-state index contributed by atoms with van der Waals surface area (Å²) in [5.74, 6) is 0.0400. The van der Waals surface area contributed by atoms with Crippen LogP contribution in [0, 0.1) is 18.6 Å². The van der Waals surface area contributed by atoms with E-state index in [-0.39, 0.29) is 28.0 Å². The molecule has 9 nitrogen and oxygen atoms in total. The van der Waals surface area contributed by atoms with Gasteiger partial charge in [0.2, 0.25) is 0 Å². The lowest BCUT2D eigenvalue weighted by Crippen LogP contribution is -2.27. The average molecular weight is 567 g/mol. The third-order valence-corrected chi connectivity index (χ3v) is 8.76. The second-order valence-electron chi connectivity index (χ2n) is 10.1. The molecule has 1 aliphatic rings. The van der Waals surface area contributed by atoms with Crippen molar-refractivity contribution in [3.8, 4) is 17.0 Å². The molecule has 1 atom stereocenters. The van der Waals surface area contributed by atoms with E-state index in [2.05, 4.69) is 10.3 Å². The molecule has 1 fully saturated rings. The molecular weight excluding hydrogens is 533 g/mol. The van der Waals surface area contributed by atoms with E-state index in [9.17, 15) is 12.8 Å². The Bertz CT molecular complexity index is 1950. The number of ether oxygens (including phenoxy) is 2. The smallest absolute Gasteiger partial charge is 0.177 e. The summed E-state index contributed by atoms with van der Waals surface area (Å²) in [6.07, 6.45) is 4.06. The molecule has 4 heterocycles. The van der Waals surface area contributed by atoms with Gasteiger partial charge in [0.15, 0.2) is 9.84 Å². The maximum atomic E-state index is 14.1. The van der Waals surface area contributed by atoms with Gasteiger partial charge in [0, 0.05) is 42.4 Å². The molecule has 5 aromatic rings. The summed E-state index contributed by atoms with van der Waals surface area (Å²) in [5, 5.41) is 8.39. The van der Waals surface area contributed by atoms with Crippen LogP contribution in [-0.4, -0.2) is 59.5 Å². The number of aryl methyl sites for hydroxylation is 2. The number of aromatic nitrogens is 5. The highest BCUT2D eigenvalue weighted by Crippen LogP contribution is 2.45. The standard InChI is InChI=1S/C29H30FN5O4S/c1-17-27(34(2)33-32-17)20-15-22-26(31-16-20)25-23(38-3)9-10-24(40(4,36)37)29(25)35(22)28(19-11-13-39-14-12-19)18-5-7-21(30)8-6-18/h5-10,15-16,19,28H,11-14H2,1-4H3/t28-/m1/s1/i1D3. The number of hydrogen-bond donors (Lipinski definition) is 0. The Hall–Kier alpha value is -3.83. The fourth-order valence-corrected chi connectivity index (χ4v) is 6.73. The minimum atomic E-state index is -3.75. The van der Waals surface area contributed by atoms with Crippen LogP contribution >= 0.6 is 0 Å². The lowest BCUT2D eigenvalue weighted by Gasteiger charge is -2.33. The molecule has 2 aromatic carbocycles. The van der Waals surface area contributed by atoms with Gasteiger partial charge in [-0.1, -0.05) is 17.3 Å². The van der Waals surface area contributed by atoms with E-state index in [1.165, 1.54) is 36.2 Å². The van der Waals surface area contributed by atoms with Gasteiger partial charge >= 0.3 is 0 Å². The van der Waals surface area contributed by atoms with Crippen LogP contribution in [0.5, 0.6) is 5.75 Å². The van der Waals surface area contributed by atoms with Gasteiger partial charge < -0.3 is 14.0 Å². The van der Waals surface area contributed by atoms with Crippen molar-refractivity contribution in [3.05, 3.63) is 65.7 Å². The maximum absolute atomic E-state index is 14.1. The van der Waals surface area contributed by atoms with E-state index in [4.69, 9.17) is 18.6 Å². The van der Waals surface area contributed by atoms with Crippen molar-refractivity contribution in [1.82, 2.24) is 24.5 Å². The van der Waals surface area contributed by atoms with Gasteiger partial charge in [0.1, 0.15) is 11.6 Å². The molecule has 6 rings (SSSR count). The summed E-state index contributed by atoms with van der Waals surface area (Å²) in [4.78, 5) is 4.87. The average Bonchev–Trinajstić information content (AvgIpc) is 3.52. The summed E-state index contributed by atoms with van der Waals surface area (Å²) in [5.41, 5.74) is 2.76. The van der Waals surface area contributed by atoms with Crippen LogP contribution in [0.15, 0.2) is 53.6 Å². The predicted octanol–water partition coefficient (Wildman–Crippen LogP) is 4.86. The number of pyridine rings is 1. The summed E-state index contributed by atoms with van der Waals surface area (Å²) in [7, 11) is -0.642. The number of rotatable bonds is 6. The number of nitrogens with zero attached hydrogens (tertiary/aromatic N) is 5. The number of halogens is 1. The lowest BCUT2D eigenvalue weighted by molar-refractivity contribution is 0.0552. The van der Waals surface area contributed by atoms with Gasteiger partial charge in [0.25, 0.3) is 0 Å². The zero-order valence-electron chi connectivity index (χ0n) is 25.3. The minimum Gasteiger partial charge on any atom is -0.496 e. The maximum Gasteiger partial charge on any atom is 0.177 e. The summed E-state index contributed by atoms with van der Waals surface area (Å²) in [6, 6.07) is 10.7. The fourth-order valence-electron chi connectivity index (χ4n) is 5.86. The molecule has 40 heavy (non-hydrogen) atoms. The van der Waals surface area contributed by atoms with E-state index in [0.717, 1.165) is 11.8 Å². The molecule has 0 amide bonds. The number of sulfone groups is 1. The summed E-state index contributed by atoms with van der Waals surface area (Å²) >= 11 is 0. The van der Waals surface area contributed by atoms with E-state index in [1.54, 1.807) is 31.3 Å². The topological polar surface area (TPSA) is 101 Å². The van der Waals surface area contributed by atoms with Gasteiger partial charge in [-0.25, -0.2) is 17.5 Å². The van der Waals surface area contributed by atoms with Crippen molar-refractivity contribution in [2.75, 3.05) is 26.6 Å². The Kier molecular flexibility index (Phi) is 5.72. The van der Waals surface area contributed by atoms with Crippen molar-refractivity contribution in [1.29, 1.82) is 0 Å². The fraction of sp³-hybridized carbons (Fsp3) is 0.345. The largest absolute Gasteiger partial charge is 0.496 e. The Morgan fingerprint density at radius 2 is 1.93 bits per heavy atom. The monoisotopic (exact) mass is 566 g/mol. The van der Waals surface area contributed by atoms with E-state index < -0.39 is 22.7 Å². The molecule has 0 saturated carbocycles. The lowest BCUT2D eigenvalue weighted by atomic mass is 9.86. The Labute approximate surface area is 235 Å². The second kappa shape index (κ2) is 9.97. The minimum absolute atomic E-state index is 0.00316.